The fourth-order valence-electron chi connectivity index (χ4n) is 3.75. The molecule has 2 fully saturated rings. The largest absolute Gasteiger partial charge is 0.375 e. The van der Waals surface area contributed by atoms with Gasteiger partial charge in [0.05, 0.1) is 23.9 Å². The van der Waals surface area contributed by atoms with Gasteiger partial charge in [-0.05, 0) is 31.0 Å². The molecular formula is C18H24N4OS. The van der Waals surface area contributed by atoms with Crippen LogP contribution in [0.4, 0.5) is 0 Å². The van der Waals surface area contributed by atoms with Crippen LogP contribution in [0.25, 0.3) is 0 Å². The van der Waals surface area contributed by atoms with Crippen LogP contribution < -0.4 is 0 Å². The van der Waals surface area contributed by atoms with E-state index in [0.29, 0.717) is 12.1 Å². The zero-order chi connectivity index (χ0) is 16.4. The topological polar surface area (TPSA) is 41.5 Å². The third-order valence-electron chi connectivity index (χ3n) is 5.13. The van der Waals surface area contributed by atoms with E-state index in [4.69, 9.17) is 4.74 Å². The first-order valence-electron chi connectivity index (χ1n) is 8.65. The molecule has 2 saturated heterocycles. The first kappa shape index (κ1) is 16.1. The summed E-state index contributed by atoms with van der Waals surface area (Å²) in [5.74, 6) is 0. The van der Waals surface area contributed by atoms with Crippen molar-refractivity contribution in [3.8, 4) is 0 Å². The normalized spacial score (nSPS) is 25.5. The van der Waals surface area contributed by atoms with Crippen LogP contribution in [0.2, 0.25) is 0 Å². The molecule has 0 aromatic carbocycles. The van der Waals surface area contributed by atoms with Crippen molar-refractivity contribution in [2.75, 3.05) is 26.2 Å². The highest BCUT2D eigenvalue weighted by atomic mass is 32.1. The second kappa shape index (κ2) is 7.27. The molecule has 0 radical (unpaired) electrons. The highest BCUT2D eigenvalue weighted by Gasteiger charge is 2.37. The lowest BCUT2D eigenvalue weighted by Gasteiger charge is -2.47. The Balaban J connectivity index is 1.44. The molecule has 0 unspecified atom stereocenters. The van der Waals surface area contributed by atoms with E-state index < -0.39 is 0 Å². The molecule has 0 spiro atoms. The molecule has 0 bridgehead atoms. The standard InChI is InChI=1S/C18H24N4OS/c1-14-18(24-13-20-14)12-21-7-4-17-16(11-21)22(8-9-23-17)10-15-2-5-19-6-3-15/h2-3,5-6,13,16-17H,4,7-12H2,1H3/t16-,17-/m1/s1. The van der Waals surface area contributed by atoms with Crippen molar-refractivity contribution in [3.63, 3.8) is 0 Å². The summed E-state index contributed by atoms with van der Waals surface area (Å²) >= 11 is 1.77. The molecule has 2 aromatic rings. The lowest BCUT2D eigenvalue weighted by Crippen LogP contribution is -2.59. The van der Waals surface area contributed by atoms with Gasteiger partial charge in [0.2, 0.25) is 0 Å². The molecule has 2 atom stereocenters. The summed E-state index contributed by atoms with van der Waals surface area (Å²) in [7, 11) is 0. The minimum absolute atomic E-state index is 0.374. The molecule has 2 aromatic heterocycles. The lowest BCUT2D eigenvalue weighted by molar-refractivity contribution is -0.107. The number of morpholine rings is 1. The van der Waals surface area contributed by atoms with Gasteiger partial charge in [-0.15, -0.1) is 11.3 Å². The molecule has 0 N–H and O–H groups in total. The molecule has 2 aliphatic rings. The van der Waals surface area contributed by atoms with E-state index in [9.17, 15) is 0 Å². The van der Waals surface area contributed by atoms with E-state index in [2.05, 4.69) is 38.8 Å². The Morgan fingerprint density at radius 3 is 2.92 bits per heavy atom. The third-order valence-corrected chi connectivity index (χ3v) is 6.05. The highest BCUT2D eigenvalue weighted by Crippen LogP contribution is 2.26. The number of hydrogen-bond donors (Lipinski definition) is 0. The summed E-state index contributed by atoms with van der Waals surface area (Å²) in [4.78, 5) is 15.1. The van der Waals surface area contributed by atoms with Crippen molar-refractivity contribution in [2.45, 2.75) is 38.6 Å². The second-order valence-corrected chi connectivity index (χ2v) is 7.63. The molecule has 4 heterocycles. The van der Waals surface area contributed by atoms with Crippen molar-refractivity contribution < 1.29 is 4.74 Å². The lowest BCUT2D eigenvalue weighted by atomic mass is 9.98. The molecular weight excluding hydrogens is 320 g/mol. The average molecular weight is 344 g/mol. The van der Waals surface area contributed by atoms with Crippen LogP contribution in [-0.2, 0) is 17.8 Å². The summed E-state index contributed by atoms with van der Waals surface area (Å²) in [5, 5.41) is 0. The number of thiazole rings is 1. The van der Waals surface area contributed by atoms with Gasteiger partial charge in [-0.25, -0.2) is 4.98 Å². The predicted octanol–water partition coefficient (Wildman–Crippen LogP) is 2.32. The smallest absolute Gasteiger partial charge is 0.0798 e. The van der Waals surface area contributed by atoms with E-state index in [-0.39, 0.29) is 0 Å². The van der Waals surface area contributed by atoms with Crippen molar-refractivity contribution in [3.05, 3.63) is 46.2 Å². The van der Waals surface area contributed by atoms with Crippen LogP contribution in [-0.4, -0.2) is 58.2 Å². The maximum absolute atomic E-state index is 6.07. The van der Waals surface area contributed by atoms with Crippen molar-refractivity contribution in [2.24, 2.45) is 0 Å². The summed E-state index contributed by atoms with van der Waals surface area (Å²) in [6.07, 6.45) is 5.26. The Kier molecular flexibility index (Phi) is 4.89. The van der Waals surface area contributed by atoms with Gasteiger partial charge < -0.3 is 4.74 Å². The van der Waals surface area contributed by atoms with Gasteiger partial charge in [0.25, 0.3) is 0 Å². The van der Waals surface area contributed by atoms with E-state index in [1.807, 2.05) is 17.9 Å². The summed E-state index contributed by atoms with van der Waals surface area (Å²) in [5.41, 5.74) is 4.47. The number of likely N-dealkylation sites (tertiary alicyclic amines) is 1. The number of hydrogen-bond acceptors (Lipinski definition) is 6. The molecule has 6 heteroatoms. The predicted molar refractivity (Wildman–Crippen MR) is 94.9 cm³/mol. The molecule has 5 nitrogen and oxygen atoms in total. The Labute approximate surface area is 147 Å². The quantitative estimate of drug-likeness (QED) is 0.851. The van der Waals surface area contributed by atoms with Crippen LogP contribution in [0.5, 0.6) is 0 Å². The minimum Gasteiger partial charge on any atom is -0.375 e. The fourth-order valence-corrected chi connectivity index (χ4v) is 4.57. The summed E-state index contributed by atoms with van der Waals surface area (Å²) in [6, 6.07) is 4.71. The van der Waals surface area contributed by atoms with Crippen molar-refractivity contribution in [1.29, 1.82) is 0 Å². The Morgan fingerprint density at radius 2 is 2.12 bits per heavy atom. The monoisotopic (exact) mass is 344 g/mol. The number of aromatic nitrogens is 2. The maximum Gasteiger partial charge on any atom is 0.0798 e. The van der Waals surface area contributed by atoms with Gasteiger partial charge in [-0.1, -0.05) is 0 Å². The van der Waals surface area contributed by atoms with E-state index >= 15 is 0 Å². The Morgan fingerprint density at radius 1 is 1.25 bits per heavy atom. The number of rotatable bonds is 4. The van der Waals surface area contributed by atoms with Crippen LogP contribution in [0.3, 0.4) is 0 Å². The second-order valence-electron chi connectivity index (χ2n) is 6.69. The van der Waals surface area contributed by atoms with Gasteiger partial charge in [-0.2, -0.15) is 0 Å². The van der Waals surface area contributed by atoms with Crippen molar-refractivity contribution in [1.82, 2.24) is 19.8 Å². The van der Waals surface area contributed by atoms with Gasteiger partial charge in [0.15, 0.2) is 0 Å². The highest BCUT2D eigenvalue weighted by molar-refractivity contribution is 7.09. The minimum atomic E-state index is 0.374. The van der Waals surface area contributed by atoms with Gasteiger partial charge in [0, 0.05) is 56.0 Å². The Hall–Kier alpha value is -1.34. The molecule has 0 aliphatic carbocycles. The van der Waals surface area contributed by atoms with Crippen LogP contribution >= 0.6 is 11.3 Å². The number of fused-ring (bicyclic) bond motifs is 1. The van der Waals surface area contributed by atoms with E-state index in [1.54, 1.807) is 11.3 Å². The molecule has 128 valence electrons. The Bertz CT molecular complexity index is 662. The molecule has 4 rings (SSSR count). The van der Waals surface area contributed by atoms with Gasteiger partial charge in [0.1, 0.15) is 0 Å². The first-order chi connectivity index (χ1) is 11.8. The SMILES string of the molecule is Cc1ncsc1CN1CC[C@H]2OCCN(Cc3ccncc3)[C@@H]2C1. The third kappa shape index (κ3) is 3.52. The molecule has 0 amide bonds. The van der Waals surface area contributed by atoms with Crippen molar-refractivity contribution >= 4 is 11.3 Å². The van der Waals surface area contributed by atoms with E-state index in [1.165, 1.54) is 16.1 Å². The summed E-state index contributed by atoms with van der Waals surface area (Å²) < 4.78 is 6.07. The maximum atomic E-state index is 6.07. The van der Waals surface area contributed by atoms with E-state index in [0.717, 1.165) is 45.8 Å². The summed E-state index contributed by atoms with van der Waals surface area (Å²) in [6.45, 7) is 8.16. The number of ether oxygens (including phenoxy) is 1. The molecule has 2 aliphatic heterocycles. The first-order valence-corrected chi connectivity index (χ1v) is 9.53. The van der Waals surface area contributed by atoms with Crippen LogP contribution in [0.15, 0.2) is 30.0 Å². The zero-order valence-corrected chi connectivity index (χ0v) is 14.9. The fraction of sp³-hybridized carbons (Fsp3) is 0.556. The number of piperidine rings is 1. The molecule has 0 saturated carbocycles. The number of pyridine rings is 1. The van der Waals surface area contributed by atoms with Gasteiger partial charge >= 0.3 is 0 Å². The number of nitrogens with zero attached hydrogens (tertiary/aromatic N) is 4. The van der Waals surface area contributed by atoms with Crippen LogP contribution in [0.1, 0.15) is 22.6 Å². The zero-order valence-electron chi connectivity index (χ0n) is 14.1. The molecule has 24 heavy (non-hydrogen) atoms. The number of aryl methyl sites for hydroxylation is 1. The van der Waals surface area contributed by atoms with Gasteiger partial charge in [-0.3, -0.25) is 14.8 Å². The van der Waals surface area contributed by atoms with Crippen LogP contribution in [0, 0.1) is 6.92 Å². The average Bonchev–Trinajstić information content (AvgIpc) is 3.01.